The van der Waals surface area contributed by atoms with Gasteiger partial charge in [-0.1, -0.05) is 13.8 Å². The van der Waals surface area contributed by atoms with E-state index in [0.717, 1.165) is 0 Å². The first kappa shape index (κ1) is 23.1. The Hall–Kier alpha value is -0.950. The van der Waals surface area contributed by atoms with E-state index in [2.05, 4.69) is 0 Å². The molecule has 8 nitrogen and oxygen atoms in total. The van der Waals surface area contributed by atoms with Crippen LogP contribution in [0, 0.1) is 11.8 Å². The maximum absolute atomic E-state index is 12.7. The third-order valence-electron chi connectivity index (χ3n) is 4.38. The van der Waals surface area contributed by atoms with E-state index in [1.54, 1.807) is 13.8 Å². The number of ether oxygens (including phenoxy) is 3. The van der Waals surface area contributed by atoms with Gasteiger partial charge in [0.15, 0.2) is 0 Å². The highest BCUT2D eigenvalue weighted by Gasteiger charge is 2.45. The second-order valence-corrected chi connectivity index (χ2v) is 8.59. The SMILES string of the molecule is CCOP(=O)(CC[C@H]1OC(OC(C)=O)[C@@H](C)[C@@H](C)[C@@H]1OC(C)=O)OCC. The molecular formula is C17H31O8P. The minimum Gasteiger partial charge on any atom is -0.459 e. The second kappa shape index (κ2) is 10.4. The normalized spacial score (nSPS) is 29.2. The molecule has 1 rings (SSSR count). The van der Waals surface area contributed by atoms with Crippen molar-refractivity contribution < 1.29 is 37.4 Å². The number of carbonyl (C=O) groups is 2. The predicted molar refractivity (Wildman–Crippen MR) is 94.7 cm³/mol. The molecule has 0 aliphatic carbocycles. The van der Waals surface area contributed by atoms with Crippen LogP contribution in [0.1, 0.15) is 48.0 Å². The quantitative estimate of drug-likeness (QED) is 0.435. The van der Waals surface area contributed by atoms with Gasteiger partial charge in [-0.05, 0) is 20.3 Å². The number of hydrogen-bond acceptors (Lipinski definition) is 8. The lowest BCUT2D eigenvalue weighted by atomic mass is 9.83. The van der Waals surface area contributed by atoms with Crippen LogP contribution in [0.15, 0.2) is 0 Å². The molecule has 0 amide bonds. The summed E-state index contributed by atoms with van der Waals surface area (Å²) in [5, 5.41) is 0. The third kappa shape index (κ3) is 6.65. The van der Waals surface area contributed by atoms with Crippen LogP contribution in [0.25, 0.3) is 0 Å². The molecule has 0 aromatic carbocycles. The lowest BCUT2D eigenvalue weighted by Crippen LogP contribution is -2.52. The van der Waals surface area contributed by atoms with Crippen molar-refractivity contribution in [3.05, 3.63) is 0 Å². The molecular weight excluding hydrogens is 363 g/mol. The number of carbonyl (C=O) groups excluding carboxylic acids is 2. The number of esters is 2. The Kier molecular flexibility index (Phi) is 9.24. The minimum atomic E-state index is -3.26. The molecule has 1 unspecified atom stereocenters. The predicted octanol–water partition coefficient (Wildman–Crippen LogP) is 3.13. The Morgan fingerprint density at radius 1 is 0.962 bits per heavy atom. The van der Waals surface area contributed by atoms with Gasteiger partial charge in [0.25, 0.3) is 0 Å². The van der Waals surface area contributed by atoms with E-state index in [9.17, 15) is 14.2 Å². The van der Waals surface area contributed by atoms with Crippen molar-refractivity contribution in [1.82, 2.24) is 0 Å². The molecule has 26 heavy (non-hydrogen) atoms. The Morgan fingerprint density at radius 2 is 1.50 bits per heavy atom. The molecule has 5 atom stereocenters. The molecule has 1 fully saturated rings. The molecule has 0 spiro atoms. The highest BCUT2D eigenvalue weighted by Crippen LogP contribution is 2.49. The fourth-order valence-electron chi connectivity index (χ4n) is 3.01. The van der Waals surface area contributed by atoms with Crippen molar-refractivity contribution in [1.29, 1.82) is 0 Å². The molecule has 0 aromatic rings. The molecule has 1 aliphatic rings. The summed E-state index contributed by atoms with van der Waals surface area (Å²) in [6.45, 7) is 10.4. The van der Waals surface area contributed by atoms with Gasteiger partial charge in [-0.3, -0.25) is 14.2 Å². The zero-order valence-corrected chi connectivity index (χ0v) is 17.3. The van der Waals surface area contributed by atoms with Gasteiger partial charge < -0.3 is 23.3 Å². The molecule has 0 aromatic heterocycles. The van der Waals surface area contributed by atoms with E-state index in [-0.39, 0.29) is 37.6 Å². The number of hydrogen-bond donors (Lipinski definition) is 0. The Bertz CT molecular complexity index is 513. The Labute approximate surface area is 155 Å². The molecule has 0 bridgehead atoms. The van der Waals surface area contributed by atoms with Crippen LogP contribution in [-0.2, 0) is 37.4 Å². The highest BCUT2D eigenvalue weighted by molar-refractivity contribution is 7.53. The zero-order chi connectivity index (χ0) is 19.9. The molecule has 0 N–H and O–H groups in total. The van der Waals surface area contributed by atoms with Crippen molar-refractivity contribution in [3.8, 4) is 0 Å². The summed E-state index contributed by atoms with van der Waals surface area (Å²) in [6.07, 6.45) is -1.47. The van der Waals surface area contributed by atoms with Crippen molar-refractivity contribution >= 4 is 19.5 Å². The summed E-state index contributed by atoms with van der Waals surface area (Å²) in [4.78, 5) is 22.9. The van der Waals surface area contributed by atoms with Gasteiger partial charge >= 0.3 is 19.5 Å². The highest BCUT2D eigenvalue weighted by atomic mass is 31.2. The zero-order valence-electron chi connectivity index (χ0n) is 16.4. The summed E-state index contributed by atoms with van der Waals surface area (Å²) in [5.41, 5.74) is 0. The fourth-order valence-corrected chi connectivity index (χ4v) is 4.70. The van der Waals surface area contributed by atoms with Crippen LogP contribution in [0.4, 0.5) is 0 Å². The van der Waals surface area contributed by atoms with E-state index in [1.807, 2.05) is 13.8 Å². The first-order valence-electron chi connectivity index (χ1n) is 9.01. The van der Waals surface area contributed by atoms with Gasteiger partial charge in [0.1, 0.15) is 6.10 Å². The standard InChI is InChI=1S/C17H31O8P/c1-7-21-26(20,22-8-2)10-9-15-16(23-13(5)18)11(3)12(4)17(25-15)24-14(6)19/h11-12,15-17H,7-10H2,1-6H3/t11-,12+,15-,16+,17?/m1/s1. The maximum Gasteiger partial charge on any atom is 0.330 e. The summed E-state index contributed by atoms with van der Waals surface area (Å²) < 4.78 is 39.9. The topological polar surface area (TPSA) is 97.4 Å². The second-order valence-electron chi connectivity index (χ2n) is 6.40. The summed E-state index contributed by atoms with van der Waals surface area (Å²) >= 11 is 0. The van der Waals surface area contributed by atoms with E-state index < -0.39 is 38.0 Å². The van der Waals surface area contributed by atoms with Crippen molar-refractivity contribution in [2.24, 2.45) is 11.8 Å². The number of rotatable bonds is 9. The van der Waals surface area contributed by atoms with Gasteiger partial charge in [0, 0.05) is 25.7 Å². The monoisotopic (exact) mass is 394 g/mol. The van der Waals surface area contributed by atoms with Crippen LogP contribution in [0.5, 0.6) is 0 Å². The van der Waals surface area contributed by atoms with E-state index in [4.69, 9.17) is 23.3 Å². The van der Waals surface area contributed by atoms with Gasteiger partial charge in [-0.15, -0.1) is 0 Å². The molecule has 152 valence electrons. The maximum atomic E-state index is 12.7. The van der Waals surface area contributed by atoms with Crippen molar-refractivity contribution in [2.75, 3.05) is 19.4 Å². The molecule has 0 radical (unpaired) electrons. The van der Waals surface area contributed by atoms with Gasteiger partial charge in [-0.25, -0.2) is 0 Å². The van der Waals surface area contributed by atoms with Crippen LogP contribution >= 0.6 is 7.60 Å². The van der Waals surface area contributed by atoms with Crippen molar-refractivity contribution in [3.63, 3.8) is 0 Å². The van der Waals surface area contributed by atoms with E-state index in [0.29, 0.717) is 0 Å². The lowest BCUT2D eigenvalue weighted by molar-refractivity contribution is -0.259. The van der Waals surface area contributed by atoms with Gasteiger partial charge in [0.05, 0.1) is 25.5 Å². The first-order chi connectivity index (χ1) is 12.1. The summed E-state index contributed by atoms with van der Waals surface area (Å²) in [7, 11) is -3.26. The lowest BCUT2D eigenvalue weighted by Gasteiger charge is -2.43. The van der Waals surface area contributed by atoms with E-state index >= 15 is 0 Å². The van der Waals surface area contributed by atoms with E-state index in [1.165, 1.54) is 13.8 Å². The average Bonchev–Trinajstić information content (AvgIpc) is 2.53. The summed E-state index contributed by atoms with van der Waals surface area (Å²) in [5.74, 6) is -1.15. The van der Waals surface area contributed by atoms with Crippen molar-refractivity contribution in [2.45, 2.75) is 66.5 Å². The fraction of sp³-hybridized carbons (Fsp3) is 0.882. The molecule has 1 heterocycles. The van der Waals surface area contributed by atoms with Crippen LogP contribution in [0.3, 0.4) is 0 Å². The Morgan fingerprint density at radius 3 is 1.96 bits per heavy atom. The Balaban J connectivity index is 2.94. The molecule has 1 aliphatic heterocycles. The van der Waals surface area contributed by atoms with Crippen LogP contribution in [-0.4, -0.2) is 49.8 Å². The first-order valence-corrected chi connectivity index (χ1v) is 10.7. The largest absolute Gasteiger partial charge is 0.459 e. The molecule has 0 saturated carbocycles. The molecule has 1 saturated heterocycles. The smallest absolute Gasteiger partial charge is 0.330 e. The summed E-state index contributed by atoms with van der Waals surface area (Å²) in [6, 6.07) is 0. The third-order valence-corrected chi connectivity index (χ3v) is 6.48. The van der Waals surface area contributed by atoms with Crippen LogP contribution in [0.2, 0.25) is 0 Å². The minimum absolute atomic E-state index is 0.111. The molecule has 9 heteroatoms. The average molecular weight is 394 g/mol. The van der Waals surface area contributed by atoms with Crippen LogP contribution < -0.4 is 0 Å². The van der Waals surface area contributed by atoms with Gasteiger partial charge in [0.2, 0.25) is 6.29 Å². The van der Waals surface area contributed by atoms with Gasteiger partial charge in [-0.2, -0.15) is 0 Å².